The standard InChI is InChI=1S/C20H17N3O3/c24-18-10-5-11-23(18)16-9-4-8-15(12-16)22-19(25)20-21-13-17(26-20)14-6-2-1-3-7-14/h1-4,6-9,12-13H,5,10-11H2,(H,22,25). The van der Waals surface area contributed by atoms with E-state index in [0.717, 1.165) is 17.7 Å². The van der Waals surface area contributed by atoms with Crippen LogP contribution in [0.1, 0.15) is 23.5 Å². The maximum absolute atomic E-state index is 12.4. The van der Waals surface area contributed by atoms with Crippen LogP contribution < -0.4 is 10.2 Å². The molecule has 0 saturated carbocycles. The van der Waals surface area contributed by atoms with Crippen LogP contribution in [0.25, 0.3) is 11.3 Å². The highest BCUT2D eigenvalue weighted by atomic mass is 16.4. The lowest BCUT2D eigenvalue weighted by Gasteiger charge is -2.16. The summed E-state index contributed by atoms with van der Waals surface area (Å²) in [5.41, 5.74) is 2.22. The number of amides is 2. The molecule has 1 saturated heterocycles. The van der Waals surface area contributed by atoms with Gasteiger partial charge in [-0.1, -0.05) is 36.4 Å². The molecule has 6 nitrogen and oxygen atoms in total. The van der Waals surface area contributed by atoms with E-state index in [4.69, 9.17) is 4.42 Å². The number of anilines is 2. The van der Waals surface area contributed by atoms with Crippen molar-refractivity contribution in [2.24, 2.45) is 0 Å². The van der Waals surface area contributed by atoms with Crippen molar-refractivity contribution in [1.29, 1.82) is 0 Å². The predicted molar refractivity (Wildman–Crippen MR) is 97.9 cm³/mol. The number of rotatable bonds is 4. The minimum Gasteiger partial charge on any atom is -0.432 e. The fourth-order valence-electron chi connectivity index (χ4n) is 2.97. The van der Waals surface area contributed by atoms with Crippen molar-refractivity contribution in [1.82, 2.24) is 4.98 Å². The molecule has 1 aromatic heterocycles. The topological polar surface area (TPSA) is 75.4 Å². The second-order valence-electron chi connectivity index (χ2n) is 6.05. The predicted octanol–water partition coefficient (Wildman–Crippen LogP) is 3.72. The number of nitrogens with zero attached hydrogens (tertiary/aromatic N) is 2. The molecule has 0 radical (unpaired) electrons. The zero-order valence-corrected chi connectivity index (χ0v) is 14.0. The van der Waals surface area contributed by atoms with Crippen molar-refractivity contribution in [2.45, 2.75) is 12.8 Å². The first-order valence-corrected chi connectivity index (χ1v) is 8.44. The molecule has 0 atom stereocenters. The molecular formula is C20H17N3O3. The van der Waals surface area contributed by atoms with E-state index in [-0.39, 0.29) is 11.8 Å². The number of carbonyl (C=O) groups excluding carboxylic acids is 2. The zero-order chi connectivity index (χ0) is 17.9. The molecular weight excluding hydrogens is 330 g/mol. The van der Waals surface area contributed by atoms with Crippen LogP contribution in [0.2, 0.25) is 0 Å². The molecule has 4 rings (SSSR count). The van der Waals surface area contributed by atoms with Gasteiger partial charge >= 0.3 is 5.91 Å². The molecule has 0 spiro atoms. The molecule has 6 heteroatoms. The van der Waals surface area contributed by atoms with Gasteiger partial charge in [-0.3, -0.25) is 9.59 Å². The van der Waals surface area contributed by atoms with Gasteiger partial charge in [0.05, 0.1) is 6.20 Å². The zero-order valence-electron chi connectivity index (χ0n) is 14.0. The van der Waals surface area contributed by atoms with Crippen molar-refractivity contribution in [3.05, 3.63) is 66.7 Å². The average molecular weight is 347 g/mol. The minimum absolute atomic E-state index is 0.00787. The summed E-state index contributed by atoms with van der Waals surface area (Å²) < 4.78 is 5.56. The lowest BCUT2D eigenvalue weighted by molar-refractivity contribution is -0.117. The van der Waals surface area contributed by atoms with Crippen LogP contribution in [0.3, 0.4) is 0 Å². The molecule has 2 heterocycles. The van der Waals surface area contributed by atoms with Gasteiger partial charge in [0.15, 0.2) is 5.76 Å². The second kappa shape index (κ2) is 6.84. The van der Waals surface area contributed by atoms with E-state index in [1.54, 1.807) is 17.0 Å². The molecule has 3 aromatic rings. The third-order valence-corrected chi connectivity index (χ3v) is 4.25. The largest absolute Gasteiger partial charge is 0.432 e. The number of oxazole rings is 1. The monoisotopic (exact) mass is 347 g/mol. The summed E-state index contributed by atoms with van der Waals surface area (Å²) in [6.07, 6.45) is 2.95. The molecule has 2 aromatic carbocycles. The fourth-order valence-corrected chi connectivity index (χ4v) is 2.97. The Morgan fingerprint density at radius 2 is 1.96 bits per heavy atom. The smallest absolute Gasteiger partial charge is 0.311 e. The third kappa shape index (κ3) is 3.21. The van der Waals surface area contributed by atoms with Crippen LogP contribution >= 0.6 is 0 Å². The van der Waals surface area contributed by atoms with Gasteiger partial charge in [-0.05, 0) is 24.6 Å². The summed E-state index contributed by atoms with van der Waals surface area (Å²) >= 11 is 0. The first-order valence-electron chi connectivity index (χ1n) is 8.44. The lowest BCUT2D eigenvalue weighted by Crippen LogP contribution is -2.23. The van der Waals surface area contributed by atoms with E-state index in [1.165, 1.54) is 6.20 Å². The Balaban J connectivity index is 1.50. The quantitative estimate of drug-likeness (QED) is 0.780. The van der Waals surface area contributed by atoms with Crippen molar-refractivity contribution in [3.8, 4) is 11.3 Å². The number of carbonyl (C=O) groups is 2. The van der Waals surface area contributed by atoms with Crippen LogP contribution in [0.4, 0.5) is 11.4 Å². The van der Waals surface area contributed by atoms with Crippen LogP contribution in [0.5, 0.6) is 0 Å². The number of hydrogen-bond donors (Lipinski definition) is 1. The maximum Gasteiger partial charge on any atom is 0.311 e. The molecule has 0 aliphatic carbocycles. The summed E-state index contributed by atoms with van der Waals surface area (Å²) in [5, 5.41) is 2.77. The Labute approximate surface area is 150 Å². The highest BCUT2D eigenvalue weighted by Crippen LogP contribution is 2.25. The van der Waals surface area contributed by atoms with Crippen molar-refractivity contribution >= 4 is 23.2 Å². The Morgan fingerprint density at radius 3 is 2.73 bits per heavy atom. The van der Waals surface area contributed by atoms with Crippen LogP contribution in [0, 0.1) is 0 Å². The Bertz CT molecular complexity index is 950. The summed E-state index contributed by atoms with van der Waals surface area (Å²) in [7, 11) is 0. The molecule has 1 aliphatic heterocycles. The van der Waals surface area contributed by atoms with E-state index in [0.29, 0.717) is 24.4 Å². The Kier molecular flexibility index (Phi) is 4.23. The molecule has 2 amide bonds. The summed E-state index contributed by atoms with van der Waals surface area (Å²) in [6, 6.07) is 16.7. The molecule has 130 valence electrons. The van der Waals surface area contributed by atoms with Crippen LogP contribution in [0.15, 0.2) is 65.2 Å². The molecule has 0 unspecified atom stereocenters. The molecule has 1 N–H and O–H groups in total. The minimum atomic E-state index is -0.433. The first kappa shape index (κ1) is 16.1. The highest BCUT2D eigenvalue weighted by Gasteiger charge is 2.22. The number of hydrogen-bond acceptors (Lipinski definition) is 4. The van der Waals surface area contributed by atoms with Gasteiger partial charge in [0.25, 0.3) is 5.89 Å². The average Bonchev–Trinajstić information content (AvgIpc) is 3.32. The first-order chi connectivity index (χ1) is 12.7. The van der Waals surface area contributed by atoms with Gasteiger partial charge in [0.2, 0.25) is 5.91 Å². The Morgan fingerprint density at radius 1 is 1.12 bits per heavy atom. The number of nitrogens with one attached hydrogen (secondary N) is 1. The SMILES string of the molecule is O=C(Nc1cccc(N2CCCC2=O)c1)c1ncc(-c2ccccc2)o1. The second-order valence-corrected chi connectivity index (χ2v) is 6.05. The van der Waals surface area contributed by atoms with E-state index >= 15 is 0 Å². The fraction of sp³-hybridized carbons (Fsp3) is 0.150. The summed E-state index contributed by atoms with van der Waals surface area (Å²) in [4.78, 5) is 30.1. The Hall–Kier alpha value is -3.41. The molecule has 1 fully saturated rings. The molecule has 26 heavy (non-hydrogen) atoms. The van der Waals surface area contributed by atoms with E-state index < -0.39 is 5.91 Å². The van der Waals surface area contributed by atoms with Crippen LogP contribution in [-0.2, 0) is 4.79 Å². The summed E-state index contributed by atoms with van der Waals surface area (Å²) in [5.74, 6) is 0.199. The van der Waals surface area contributed by atoms with Gasteiger partial charge in [-0.15, -0.1) is 0 Å². The van der Waals surface area contributed by atoms with Gasteiger partial charge in [0, 0.05) is 29.9 Å². The van der Waals surface area contributed by atoms with E-state index in [9.17, 15) is 9.59 Å². The molecule has 1 aliphatic rings. The number of aromatic nitrogens is 1. The maximum atomic E-state index is 12.4. The van der Waals surface area contributed by atoms with Gasteiger partial charge in [-0.25, -0.2) is 4.98 Å². The number of benzene rings is 2. The lowest BCUT2D eigenvalue weighted by atomic mass is 10.2. The van der Waals surface area contributed by atoms with Gasteiger partial charge < -0.3 is 14.6 Å². The van der Waals surface area contributed by atoms with Crippen molar-refractivity contribution in [2.75, 3.05) is 16.8 Å². The van der Waals surface area contributed by atoms with E-state index in [1.807, 2.05) is 42.5 Å². The summed E-state index contributed by atoms with van der Waals surface area (Å²) in [6.45, 7) is 0.705. The van der Waals surface area contributed by atoms with Crippen molar-refractivity contribution in [3.63, 3.8) is 0 Å². The van der Waals surface area contributed by atoms with Crippen molar-refractivity contribution < 1.29 is 14.0 Å². The van der Waals surface area contributed by atoms with Gasteiger partial charge in [0.1, 0.15) is 0 Å². The van der Waals surface area contributed by atoms with E-state index in [2.05, 4.69) is 10.3 Å². The molecule has 0 bridgehead atoms. The van der Waals surface area contributed by atoms with Gasteiger partial charge in [-0.2, -0.15) is 0 Å². The normalized spacial score (nSPS) is 13.8. The third-order valence-electron chi connectivity index (χ3n) is 4.25. The highest BCUT2D eigenvalue weighted by molar-refractivity contribution is 6.02. The van der Waals surface area contributed by atoms with Crippen LogP contribution in [-0.4, -0.2) is 23.3 Å².